The molecule has 0 radical (unpaired) electrons. The lowest BCUT2D eigenvalue weighted by molar-refractivity contribution is -0.142. The van der Waals surface area contributed by atoms with Crippen molar-refractivity contribution < 1.29 is 9.59 Å². The first-order chi connectivity index (χ1) is 7.66. The van der Waals surface area contributed by atoms with Gasteiger partial charge in [-0.2, -0.15) is 0 Å². The first-order valence-electron chi connectivity index (χ1n) is 5.98. The Morgan fingerprint density at radius 3 is 2.33 bits per heavy atom. The van der Waals surface area contributed by atoms with Crippen LogP contribution in [0.4, 0.5) is 0 Å². The fourth-order valence-electron chi connectivity index (χ4n) is 2.30. The van der Waals surface area contributed by atoms with Gasteiger partial charge in [0.15, 0.2) is 0 Å². The summed E-state index contributed by atoms with van der Waals surface area (Å²) in [7, 11) is 0. The predicted molar refractivity (Wildman–Crippen MR) is 74.1 cm³/mol. The molecule has 0 aromatic rings. The molecule has 2 N–H and O–H groups in total. The number of halogens is 2. The summed E-state index contributed by atoms with van der Waals surface area (Å²) in [4.78, 5) is 26.7. The highest BCUT2D eigenvalue weighted by Gasteiger charge is 2.28. The monoisotopic (exact) mass is 297 g/mol. The molecule has 2 heterocycles. The summed E-state index contributed by atoms with van der Waals surface area (Å²) in [6.07, 6.45) is 3.23. The van der Waals surface area contributed by atoms with Crippen LogP contribution in [0, 0.1) is 0 Å². The van der Waals surface area contributed by atoms with Gasteiger partial charge in [-0.1, -0.05) is 0 Å². The van der Waals surface area contributed by atoms with Crippen LogP contribution in [0.3, 0.4) is 0 Å². The summed E-state index contributed by atoms with van der Waals surface area (Å²) in [5.74, 6) is -0.0586. The van der Waals surface area contributed by atoms with Gasteiger partial charge < -0.3 is 5.73 Å². The van der Waals surface area contributed by atoms with Crippen LogP contribution in [0.2, 0.25) is 0 Å². The van der Waals surface area contributed by atoms with E-state index in [1.54, 1.807) is 0 Å². The van der Waals surface area contributed by atoms with E-state index in [1.807, 2.05) is 0 Å². The second-order valence-corrected chi connectivity index (χ2v) is 4.66. The van der Waals surface area contributed by atoms with Gasteiger partial charge in [-0.3, -0.25) is 19.4 Å². The Morgan fingerprint density at radius 1 is 1.22 bits per heavy atom. The van der Waals surface area contributed by atoms with Crippen molar-refractivity contribution in [3.8, 4) is 0 Å². The maximum atomic E-state index is 11.8. The van der Waals surface area contributed by atoms with Crippen molar-refractivity contribution >= 4 is 36.6 Å². The second kappa shape index (κ2) is 7.94. The van der Waals surface area contributed by atoms with Crippen LogP contribution >= 0.6 is 24.8 Å². The lowest BCUT2D eigenvalue weighted by atomic mass is 10.1. The molecule has 0 spiro atoms. The average molecular weight is 298 g/mol. The van der Waals surface area contributed by atoms with Gasteiger partial charge in [-0.05, 0) is 19.3 Å². The second-order valence-electron chi connectivity index (χ2n) is 4.66. The molecule has 2 fully saturated rings. The smallest absolute Gasteiger partial charge is 0.243 e. The van der Waals surface area contributed by atoms with Gasteiger partial charge >= 0.3 is 0 Å². The fourth-order valence-corrected chi connectivity index (χ4v) is 2.30. The summed E-state index contributed by atoms with van der Waals surface area (Å²) < 4.78 is 0. The zero-order chi connectivity index (χ0) is 11.5. The number of likely N-dealkylation sites (tertiary alicyclic amines) is 2. The molecule has 0 unspecified atom stereocenters. The Labute approximate surface area is 120 Å². The van der Waals surface area contributed by atoms with E-state index in [2.05, 4.69) is 4.90 Å². The van der Waals surface area contributed by atoms with E-state index >= 15 is 0 Å². The lowest BCUT2D eigenvalue weighted by Gasteiger charge is -2.30. The largest absolute Gasteiger partial charge is 0.328 e. The van der Waals surface area contributed by atoms with Gasteiger partial charge in [0.2, 0.25) is 11.8 Å². The highest BCUT2D eigenvalue weighted by Crippen LogP contribution is 2.12. The molecule has 0 aromatic carbocycles. The number of amides is 2. The quantitative estimate of drug-likeness (QED) is 0.801. The molecule has 18 heavy (non-hydrogen) atoms. The van der Waals surface area contributed by atoms with E-state index in [9.17, 15) is 9.59 Å². The third-order valence-corrected chi connectivity index (χ3v) is 3.37. The maximum Gasteiger partial charge on any atom is 0.243 e. The van der Waals surface area contributed by atoms with Gasteiger partial charge in [-0.25, -0.2) is 0 Å². The molecule has 2 saturated heterocycles. The topological polar surface area (TPSA) is 66.6 Å². The molecule has 0 aliphatic carbocycles. The SMILES string of the molecule is Cl.Cl.NC1CCN(CC(=O)N2CCCC2=O)CC1. The first kappa shape index (κ1) is 17.6. The molecule has 7 heteroatoms. The molecule has 0 atom stereocenters. The molecule has 106 valence electrons. The van der Waals surface area contributed by atoms with Crippen molar-refractivity contribution in [2.75, 3.05) is 26.2 Å². The number of piperidine rings is 1. The highest BCUT2D eigenvalue weighted by atomic mass is 35.5. The minimum absolute atomic E-state index is 0. The van der Waals surface area contributed by atoms with Crippen LogP contribution in [-0.4, -0.2) is 53.8 Å². The van der Waals surface area contributed by atoms with Crippen molar-refractivity contribution in [2.45, 2.75) is 31.7 Å². The number of hydrogen-bond acceptors (Lipinski definition) is 4. The summed E-state index contributed by atoms with van der Waals surface area (Å²) in [6, 6.07) is 0.278. The van der Waals surface area contributed by atoms with E-state index in [4.69, 9.17) is 5.73 Å². The third kappa shape index (κ3) is 4.39. The Hall–Kier alpha value is -0.360. The van der Waals surface area contributed by atoms with E-state index in [-0.39, 0.29) is 42.7 Å². The van der Waals surface area contributed by atoms with Crippen LogP contribution in [0.15, 0.2) is 0 Å². The molecule has 2 aliphatic heterocycles. The molecule has 0 aromatic heterocycles. The van der Waals surface area contributed by atoms with Gasteiger partial charge in [0.05, 0.1) is 6.54 Å². The number of nitrogens with zero attached hydrogens (tertiary/aromatic N) is 2. The van der Waals surface area contributed by atoms with Crippen LogP contribution in [-0.2, 0) is 9.59 Å². The van der Waals surface area contributed by atoms with Crippen molar-refractivity contribution in [1.29, 1.82) is 0 Å². The molecule has 5 nitrogen and oxygen atoms in total. The third-order valence-electron chi connectivity index (χ3n) is 3.37. The van der Waals surface area contributed by atoms with Gasteiger partial charge in [0.1, 0.15) is 0 Å². The van der Waals surface area contributed by atoms with Crippen molar-refractivity contribution in [2.24, 2.45) is 5.73 Å². The summed E-state index contributed by atoms with van der Waals surface area (Å²) >= 11 is 0. The van der Waals surface area contributed by atoms with E-state index < -0.39 is 0 Å². The lowest BCUT2D eigenvalue weighted by Crippen LogP contribution is -2.46. The Bertz CT molecular complexity index is 294. The van der Waals surface area contributed by atoms with Crippen LogP contribution in [0.25, 0.3) is 0 Å². The number of carbonyl (C=O) groups is 2. The van der Waals surface area contributed by atoms with Crippen molar-refractivity contribution in [1.82, 2.24) is 9.80 Å². The zero-order valence-electron chi connectivity index (χ0n) is 10.3. The molecule has 2 aliphatic rings. The van der Waals surface area contributed by atoms with Gasteiger partial charge in [0.25, 0.3) is 0 Å². The molecular formula is C11H21Cl2N3O2. The summed E-state index contributed by atoms with van der Waals surface area (Å²) in [5.41, 5.74) is 5.80. The number of rotatable bonds is 2. The zero-order valence-corrected chi connectivity index (χ0v) is 12.0. The molecule has 2 rings (SSSR count). The molecule has 2 amide bonds. The number of imide groups is 1. The van der Waals surface area contributed by atoms with E-state index in [1.165, 1.54) is 4.90 Å². The molecule has 0 bridgehead atoms. The minimum Gasteiger partial charge on any atom is -0.328 e. The van der Waals surface area contributed by atoms with Crippen molar-refractivity contribution in [3.05, 3.63) is 0 Å². The number of hydrogen-bond donors (Lipinski definition) is 1. The maximum absolute atomic E-state index is 11.8. The Balaban J connectivity index is 0.00000144. The Morgan fingerprint density at radius 2 is 1.83 bits per heavy atom. The minimum atomic E-state index is -0.0435. The summed E-state index contributed by atoms with van der Waals surface area (Å²) in [5, 5.41) is 0. The standard InChI is InChI=1S/C11H19N3O2.2ClH/c12-9-3-6-13(7-4-9)8-11(16)14-5-1-2-10(14)15;;/h9H,1-8,12H2;2*1H. The van der Waals surface area contributed by atoms with Crippen LogP contribution < -0.4 is 5.73 Å². The molecular weight excluding hydrogens is 277 g/mol. The highest BCUT2D eigenvalue weighted by molar-refractivity contribution is 5.97. The van der Waals surface area contributed by atoms with E-state index in [0.29, 0.717) is 19.5 Å². The fraction of sp³-hybridized carbons (Fsp3) is 0.818. The Kier molecular flexibility index (Phi) is 7.78. The van der Waals surface area contributed by atoms with Crippen molar-refractivity contribution in [3.63, 3.8) is 0 Å². The summed E-state index contributed by atoms with van der Waals surface area (Å²) in [6.45, 7) is 2.72. The number of carbonyl (C=O) groups excluding carboxylic acids is 2. The van der Waals surface area contributed by atoms with Crippen LogP contribution in [0.1, 0.15) is 25.7 Å². The molecule has 0 saturated carbocycles. The number of nitrogens with two attached hydrogens (primary N) is 1. The van der Waals surface area contributed by atoms with Gasteiger partial charge in [-0.15, -0.1) is 24.8 Å². The normalized spacial score (nSPS) is 21.4. The predicted octanol–water partition coefficient (Wildman–Crippen LogP) is 0.402. The first-order valence-corrected chi connectivity index (χ1v) is 5.98. The average Bonchev–Trinajstić information content (AvgIpc) is 2.68. The van der Waals surface area contributed by atoms with Gasteiger partial charge in [0, 0.05) is 32.1 Å². The van der Waals surface area contributed by atoms with Crippen LogP contribution in [0.5, 0.6) is 0 Å². The van der Waals surface area contributed by atoms with E-state index in [0.717, 1.165) is 32.4 Å².